The number of carbonyl (C=O) groups excluding carboxylic acids is 1. The first kappa shape index (κ1) is 16.8. The Morgan fingerprint density at radius 1 is 1.08 bits per heavy atom. The van der Waals surface area contributed by atoms with Crippen molar-refractivity contribution in [2.24, 2.45) is 0 Å². The van der Waals surface area contributed by atoms with E-state index in [0.717, 1.165) is 37.0 Å². The van der Waals surface area contributed by atoms with E-state index in [-0.39, 0.29) is 5.91 Å². The maximum Gasteiger partial charge on any atom is 0.223 e. The summed E-state index contributed by atoms with van der Waals surface area (Å²) in [6.07, 6.45) is 8.21. The van der Waals surface area contributed by atoms with Crippen LogP contribution < -0.4 is 0 Å². The van der Waals surface area contributed by atoms with E-state index in [0.29, 0.717) is 31.0 Å². The average molecular weight is 352 g/mol. The van der Waals surface area contributed by atoms with Gasteiger partial charge < -0.3 is 14.3 Å². The minimum atomic E-state index is 0.197. The Hall–Kier alpha value is -2.63. The van der Waals surface area contributed by atoms with Gasteiger partial charge in [-0.1, -0.05) is 31.0 Å². The molecule has 6 nitrogen and oxygen atoms in total. The summed E-state index contributed by atoms with van der Waals surface area (Å²) < 4.78 is 5.76. The second-order valence-corrected chi connectivity index (χ2v) is 6.92. The van der Waals surface area contributed by atoms with Crippen molar-refractivity contribution < 1.29 is 9.21 Å². The van der Waals surface area contributed by atoms with E-state index in [1.807, 2.05) is 29.3 Å². The highest BCUT2D eigenvalue weighted by molar-refractivity contribution is 5.83. The standard InChI is InChI=1S/C20H24N4O2/c25-20(24-11-5-1-2-6-12-24)10-9-18-22-23-19(26-18)13-15-14-21-17-8-4-3-7-16(15)17/h3-4,7-8,14,21H,1-2,5-6,9-13H2. The molecule has 26 heavy (non-hydrogen) atoms. The maximum atomic E-state index is 12.4. The van der Waals surface area contributed by atoms with E-state index in [4.69, 9.17) is 4.42 Å². The van der Waals surface area contributed by atoms with Crippen molar-refractivity contribution in [3.8, 4) is 0 Å². The van der Waals surface area contributed by atoms with Crippen LogP contribution >= 0.6 is 0 Å². The number of nitrogens with zero attached hydrogens (tertiary/aromatic N) is 3. The number of fused-ring (bicyclic) bond motifs is 1. The molecule has 1 saturated heterocycles. The van der Waals surface area contributed by atoms with Gasteiger partial charge in [0.1, 0.15) is 0 Å². The second kappa shape index (κ2) is 7.72. The van der Waals surface area contributed by atoms with Crippen molar-refractivity contribution in [1.29, 1.82) is 0 Å². The van der Waals surface area contributed by atoms with Gasteiger partial charge in [0.2, 0.25) is 17.7 Å². The SMILES string of the molecule is O=C(CCc1nnc(Cc2c[nH]c3ccccc23)o1)N1CCCCCC1. The number of aromatic nitrogens is 3. The second-order valence-electron chi connectivity index (χ2n) is 6.92. The molecule has 2 aromatic heterocycles. The molecule has 1 aromatic carbocycles. The molecule has 0 aliphatic carbocycles. The molecule has 0 saturated carbocycles. The molecule has 1 aliphatic rings. The van der Waals surface area contributed by atoms with E-state index >= 15 is 0 Å². The molecule has 136 valence electrons. The van der Waals surface area contributed by atoms with Crippen molar-refractivity contribution >= 4 is 16.8 Å². The zero-order valence-corrected chi connectivity index (χ0v) is 14.9. The largest absolute Gasteiger partial charge is 0.425 e. The van der Waals surface area contributed by atoms with Gasteiger partial charge in [-0.2, -0.15) is 0 Å². The maximum absolute atomic E-state index is 12.4. The molecule has 6 heteroatoms. The highest BCUT2D eigenvalue weighted by atomic mass is 16.4. The molecule has 3 heterocycles. The van der Waals surface area contributed by atoms with Crippen LogP contribution in [0, 0.1) is 0 Å². The van der Waals surface area contributed by atoms with Gasteiger partial charge in [-0.3, -0.25) is 4.79 Å². The normalized spacial score (nSPS) is 15.3. The molecule has 0 unspecified atom stereocenters. The lowest BCUT2D eigenvalue weighted by atomic mass is 10.1. The van der Waals surface area contributed by atoms with E-state index in [1.165, 1.54) is 18.2 Å². The fourth-order valence-corrected chi connectivity index (χ4v) is 3.59. The summed E-state index contributed by atoms with van der Waals surface area (Å²) in [5, 5.41) is 9.43. The molecular formula is C20H24N4O2. The number of benzene rings is 1. The molecule has 0 radical (unpaired) electrons. The van der Waals surface area contributed by atoms with E-state index in [1.54, 1.807) is 0 Å². The van der Waals surface area contributed by atoms with Crippen molar-refractivity contribution in [3.05, 3.63) is 47.8 Å². The van der Waals surface area contributed by atoms with E-state index in [2.05, 4.69) is 21.2 Å². The number of H-pyrrole nitrogens is 1. The highest BCUT2D eigenvalue weighted by Crippen LogP contribution is 2.20. The zero-order chi connectivity index (χ0) is 17.8. The molecule has 1 aliphatic heterocycles. The van der Waals surface area contributed by atoms with Crippen molar-refractivity contribution in [3.63, 3.8) is 0 Å². The van der Waals surface area contributed by atoms with Crippen molar-refractivity contribution in [2.45, 2.75) is 44.9 Å². The summed E-state index contributed by atoms with van der Waals surface area (Å²) in [6.45, 7) is 1.77. The number of likely N-dealkylation sites (tertiary alicyclic amines) is 1. The lowest BCUT2D eigenvalue weighted by Gasteiger charge is -2.19. The number of carbonyl (C=O) groups is 1. The number of hydrogen-bond acceptors (Lipinski definition) is 4. The van der Waals surface area contributed by atoms with Gasteiger partial charge >= 0.3 is 0 Å². The van der Waals surface area contributed by atoms with Gasteiger partial charge in [-0.25, -0.2) is 0 Å². The van der Waals surface area contributed by atoms with Gasteiger partial charge in [-0.05, 0) is 24.5 Å². The fourth-order valence-electron chi connectivity index (χ4n) is 3.59. The third-order valence-corrected chi connectivity index (χ3v) is 5.04. The van der Waals surface area contributed by atoms with Crippen LogP contribution in [0.2, 0.25) is 0 Å². The number of aromatic amines is 1. The van der Waals surface area contributed by atoms with Crippen LogP contribution in [0.5, 0.6) is 0 Å². The Balaban J connectivity index is 1.35. The molecule has 3 aromatic rings. The van der Waals surface area contributed by atoms with Crippen LogP contribution in [0.4, 0.5) is 0 Å². The number of amides is 1. The minimum absolute atomic E-state index is 0.197. The van der Waals surface area contributed by atoms with E-state index < -0.39 is 0 Å². The van der Waals surface area contributed by atoms with Crippen LogP contribution in [0.1, 0.15) is 49.4 Å². The fraction of sp³-hybridized carbons (Fsp3) is 0.450. The summed E-state index contributed by atoms with van der Waals surface area (Å²) >= 11 is 0. The van der Waals surface area contributed by atoms with Gasteiger partial charge in [0.25, 0.3) is 0 Å². The van der Waals surface area contributed by atoms with Crippen molar-refractivity contribution in [2.75, 3.05) is 13.1 Å². The molecule has 1 N–H and O–H groups in total. The molecule has 0 bridgehead atoms. The van der Waals surface area contributed by atoms with E-state index in [9.17, 15) is 4.79 Å². The van der Waals surface area contributed by atoms with Gasteiger partial charge in [0, 0.05) is 43.0 Å². The number of aryl methyl sites for hydroxylation is 1. The van der Waals surface area contributed by atoms with Gasteiger partial charge in [0.15, 0.2) is 0 Å². The Bertz CT molecular complexity index is 875. The lowest BCUT2D eigenvalue weighted by Crippen LogP contribution is -2.31. The monoisotopic (exact) mass is 352 g/mol. The summed E-state index contributed by atoms with van der Waals surface area (Å²) in [6, 6.07) is 8.16. The summed E-state index contributed by atoms with van der Waals surface area (Å²) in [5.74, 6) is 1.33. The average Bonchev–Trinajstić information content (AvgIpc) is 3.18. The molecular weight excluding hydrogens is 328 g/mol. The molecule has 0 spiro atoms. The van der Waals surface area contributed by atoms with Crippen LogP contribution in [0.25, 0.3) is 10.9 Å². The predicted molar refractivity (Wildman–Crippen MR) is 98.8 cm³/mol. The van der Waals surface area contributed by atoms with Crippen LogP contribution in [0.3, 0.4) is 0 Å². The number of hydrogen-bond donors (Lipinski definition) is 1. The summed E-state index contributed by atoms with van der Waals surface area (Å²) in [7, 11) is 0. The summed E-state index contributed by atoms with van der Waals surface area (Å²) in [5.41, 5.74) is 2.24. The van der Waals surface area contributed by atoms with Crippen molar-refractivity contribution in [1.82, 2.24) is 20.1 Å². The van der Waals surface area contributed by atoms with Crippen LogP contribution in [-0.4, -0.2) is 39.1 Å². The zero-order valence-electron chi connectivity index (χ0n) is 14.9. The first-order valence-corrected chi connectivity index (χ1v) is 9.43. The van der Waals surface area contributed by atoms with Crippen LogP contribution in [-0.2, 0) is 17.6 Å². The summed E-state index contributed by atoms with van der Waals surface area (Å²) in [4.78, 5) is 17.6. The van der Waals surface area contributed by atoms with Gasteiger partial charge in [0.05, 0.1) is 6.42 Å². The number of nitrogens with one attached hydrogen (secondary N) is 1. The first-order chi connectivity index (χ1) is 12.8. The molecule has 1 amide bonds. The third-order valence-electron chi connectivity index (χ3n) is 5.04. The Labute approximate surface area is 152 Å². The third kappa shape index (κ3) is 3.79. The minimum Gasteiger partial charge on any atom is -0.425 e. The number of para-hydroxylation sites is 1. The first-order valence-electron chi connectivity index (χ1n) is 9.43. The van der Waals surface area contributed by atoms with Gasteiger partial charge in [-0.15, -0.1) is 10.2 Å². The lowest BCUT2D eigenvalue weighted by molar-refractivity contribution is -0.131. The number of rotatable bonds is 5. The predicted octanol–water partition coefficient (Wildman–Crippen LogP) is 3.48. The Morgan fingerprint density at radius 2 is 1.85 bits per heavy atom. The Morgan fingerprint density at radius 3 is 2.69 bits per heavy atom. The molecule has 1 fully saturated rings. The quantitative estimate of drug-likeness (QED) is 0.763. The molecule has 4 rings (SSSR count). The Kier molecular flexibility index (Phi) is 5.00. The smallest absolute Gasteiger partial charge is 0.223 e. The topological polar surface area (TPSA) is 75.0 Å². The molecule has 0 atom stereocenters. The van der Waals surface area contributed by atoms with Crippen LogP contribution in [0.15, 0.2) is 34.9 Å². The highest BCUT2D eigenvalue weighted by Gasteiger charge is 2.17.